The van der Waals surface area contributed by atoms with Crippen molar-refractivity contribution in [3.63, 3.8) is 0 Å². The molecule has 4 heteroatoms. The Kier molecular flexibility index (Phi) is 5.19. The Balaban J connectivity index is 1.55. The molecule has 2 fully saturated rings. The molecule has 3 rings (SSSR count). The van der Waals surface area contributed by atoms with E-state index < -0.39 is 0 Å². The van der Waals surface area contributed by atoms with E-state index in [4.69, 9.17) is 0 Å². The number of rotatable bonds is 4. The van der Waals surface area contributed by atoms with E-state index in [1.807, 2.05) is 12.1 Å². The Morgan fingerprint density at radius 2 is 1.81 bits per heavy atom. The van der Waals surface area contributed by atoms with Gasteiger partial charge >= 0.3 is 0 Å². The molecule has 2 heterocycles. The topological polar surface area (TPSA) is 26.7 Å². The summed E-state index contributed by atoms with van der Waals surface area (Å²) < 4.78 is 1.10. The number of piperidine rings is 1. The lowest BCUT2D eigenvalue weighted by Gasteiger charge is -2.35. The second-order valence-electron chi connectivity index (χ2n) is 6.38. The third-order valence-electron chi connectivity index (χ3n) is 4.86. The van der Waals surface area contributed by atoms with E-state index in [0.29, 0.717) is 0 Å². The van der Waals surface area contributed by atoms with Crippen LogP contribution in [0.5, 0.6) is 0 Å². The lowest BCUT2D eigenvalue weighted by atomic mass is 9.96. The zero-order chi connectivity index (χ0) is 14.7. The number of benzene rings is 1. The van der Waals surface area contributed by atoms with Gasteiger partial charge in [-0.2, -0.15) is 0 Å². The van der Waals surface area contributed by atoms with Gasteiger partial charge in [0.25, 0.3) is 0 Å². The van der Waals surface area contributed by atoms with Crippen molar-refractivity contribution in [3.8, 4) is 0 Å². The van der Waals surface area contributed by atoms with Crippen molar-refractivity contribution < 1.29 is 5.11 Å². The summed E-state index contributed by atoms with van der Waals surface area (Å²) in [6, 6.07) is 6.19. The predicted octanol–water partition coefficient (Wildman–Crippen LogP) is 3.25. The third kappa shape index (κ3) is 3.79. The minimum Gasteiger partial charge on any atom is -0.392 e. The fraction of sp³-hybridized carbons (Fsp3) is 0.647. The van der Waals surface area contributed by atoms with E-state index in [2.05, 4.69) is 31.8 Å². The van der Waals surface area contributed by atoms with Crippen LogP contribution in [0.1, 0.15) is 31.2 Å². The van der Waals surface area contributed by atoms with Crippen molar-refractivity contribution in [3.05, 3.63) is 28.2 Å². The van der Waals surface area contributed by atoms with Gasteiger partial charge in [-0.1, -0.05) is 6.07 Å². The first kappa shape index (κ1) is 15.3. The van der Waals surface area contributed by atoms with E-state index in [1.54, 1.807) is 0 Å². The van der Waals surface area contributed by atoms with Crippen LogP contribution in [0.25, 0.3) is 0 Å². The van der Waals surface area contributed by atoms with E-state index in [0.717, 1.165) is 29.0 Å². The fourth-order valence-corrected chi connectivity index (χ4v) is 4.27. The number of nitrogens with zero attached hydrogens (tertiary/aromatic N) is 2. The fourth-order valence-electron chi connectivity index (χ4n) is 3.59. The van der Waals surface area contributed by atoms with E-state index in [9.17, 15) is 5.11 Å². The van der Waals surface area contributed by atoms with Crippen LogP contribution in [0.3, 0.4) is 0 Å². The van der Waals surface area contributed by atoms with Crippen LogP contribution in [0.4, 0.5) is 5.69 Å². The van der Waals surface area contributed by atoms with Gasteiger partial charge in [0.2, 0.25) is 0 Å². The average molecular weight is 353 g/mol. The van der Waals surface area contributed by atoms with Crippen LogP contribution in [0, 0.1) is 5.92 Å². The maximum Gasteiger partial charge on any atom is 0.0682 e. The molecule has 2 aliphatic rings. The SMILES string of the molecule is OCc1ccc(N2CCC(CN3CCCC3)CC2)c(Br)c1. The Morgan fingerprint density at radius 3 is 2.43 bits per heavy atom. The first-order chi connectivity index (χ1) is 10.3. The highest BCUT2D eigenvalue weighted by atomic mass is 79.9. The lowest BCUT2D eigenvalue weighted by Crippen LogP contribution is -2.38. The van der Waals surface area contributed by atoms with Crippen molar-refractivity contribution in [2.24, 2.45) is 5.92 Å². The summed E-state index contributed by atoms with van der Waals surface area (Å²) in [6.45, 7) is 6.34. The summed E-state index contributed by atoms with van der Waals surface area (Å²) in [5.74, 6) is 0.870. The average Bonchev–Trinajstić information content (AvgIpc) is 3.01. The van der Waals surface area contributed by atoms with Crippen LogP contribution in [-0.4, -0.2) is 42.7 Å². The molecule has 0 aromatic heterocycles. The quantitative estimate of drug-likeness (QED) is 0.900. The Labute approximate surface area is 136 Å². The van der Waals surface area contributed by atoms with Gasteiger partial charge in [-0.3, -0.25) is 0 Å². The highest BCUT2D eigenvalue weighted by Crippen LogP contribution is 2.31. The number of halogens is 1. The van der Waals surface area contributed by atoms with Crippen molar-refractivity contribution in [1.29, 1.82) is 0 Å². The zero-order valence-corrected chi connectivity index (χ0v) is 14.2. The van der Waals surface area contributed by atoms with Crippen molar-refractivity contribution in [1.82, 2.24) is 4.90 Å². The first-order valence-electron chi connectivity index (χ1n) is 8.13. The Bertz CT molecular complexity index is 466. The number of aliphatic hydroxyl groups excluding tert-OH is 1. The van der Waals surface area contributed by atoms with Crippen molar-refractivity contribution >= 4 is 21.6 Å². The van der Waals surface area contributed by atoms with E-state index >= 15 is 0 Å². The number of hydrogen-bond donors (Lipinski definition) is 1. The third-order valence-corrected chi connectivity index (χ3v) is 5.50. The molecule has 1 aromatic carbocycles. The highest BCUT2D eigenvalue weighted by Gasteiger charge is 2.23. The predicted molar refractivity (Wildman–Crippen MR) is 90.7 cm³/mol. The minimum atomic E-state index is 0.108. The highest BCUT2D eigenvalue weighted by molar-refractivity contribution is 9.10. The van der Waals surface area contributed by atoms with Gasteiger partial charge in [0.1, 0.15) is 0 Å². The monoisotopic (exact) mass is 352 g/mol. The second kappa shape index (κ2) is 7.12. The van der Waals surface area contributed by atoms with Gasteiger partial charge in [-0.25, -0.2) is 0 Å². The second-order valence-corrected chi connectivity index (χ2v) is 7.24. The number of likely N-dealkylation sites (tertiary alicyclic amines) is 1. The Morgan fingerprint density at radius 1 is 1.10 bits per heavy atom. The maximum atomic E-state index is 9.19. The van der Waals surface area contributed by atoms with E-state index in [1.165, 1.54) is 51.0 Å². The van der Waals surface area contributed by atoms with Gasteiger partial charge in [0.15, 0.2) is 0 Å². The Hall–Kier alpha value is -0.580. The molecule has 1 N–H and O–H groups in total. The molecule has 0 saturated carbocycles. The number of hydrogen-bond acceptors (Lipinski definition) is 3. The minimum absolute atomic E-state index is 0.108. The summed E-state index contributed by atoms with van der Waals surface area (Å²) in [6.07, 6.45) is 5.38. The molecule has 0 bridgehead atoms. The van der Waals surface area contributed by atoms with Crippen LogP contribution in [-0.2, 0) is 6.61 Å². The summed E-state index contributed by atoms with van der Waals surface area (Å²) in [4.78, 5) is 5.12. The van der Waals surface area contributed by atoms with Gasteiger partial charge in [-0.15, -0.1) is 0 Å². The largest absolute Gasteiger partial charge is 0.392 e. The first-order valence-corrected chi connectivity index (χ1v) is 8.92. The van der Waals surface area contributed by atoms with Gasteiger partial charge in [0, 0.05) is 24.1 Å². The smallest absolute Gasteiger partial charge is 0.0682 e. The summed E-state index contributed by atoms with van der Waals surface area (Å²) >= 11 is 3.65. The molecular weight excluding hydrogens is 328 g/mol. The molecule has 2 aliphatic heterocycles. The summed E-state index contributed by atoms with van der Waals surface area (Å²) in [5, 5.41) is 9.19. The molecule has 0 unspecified atom stereocenters. The molecule has 3 nitrogen and oxygen atoms in total. The molecule has 21 heavy (non-hydrogen) atoms. The normalized spacial score (nSPS) is 21.1. The molecule has 0 amide bonds. The maximum absolute atomic E-state index is 9.19. The van der Waals surface area contributed by atoms with Gasteiger partial charge in [0.05, 0.1) is 12.3 Å². The van der Waals surface area contributed by atoms with Gasteiger partial charge in [-0.05, 0) is 78.3 Å². The number of anilines is 1. The van der Waals surface area contributed by atoms with Crippen LogP contribution in [0.2, 0.25) is 0 Å². The van der Waals surface area contributed by atoms with Crippen LogP contribution >= 0.6 is 15.9 Å². The standard InChI is InChI=1S/C17H25BrN2O/c18-16-11-15(13-21)3-4-17(16)20-9-5-14(6-10-20)12-19-7-1-2-8-19/h3-4,11,14,21H,1-2,5-10,12-13H2. The molecule has 0 aliphatic carbocycles. The molecule has 116 valence electrons. The summed E-state index contributed by atoms with van der Waals surface area (Å²) in [7, 11) is 0. The van der Waals surface area contributed by atoms with Crippen molar-refractivity contribution in [2.75, 3.05) is 37.6 Å². The van der Waals surface area contributed by atoms with Crippen LogP contribution < -0.4 is 4.90 Å². The number of aliphatic hydroxyl groups is 1. The summed E-state index contributed by atoms with van der Waals surface area (Å²) in [5.41, 5.74) is 2.24. The lowest BCUT2D eigenvalue weighted by molar-refractivity contribution is 0.249. The van der Waals surface area contributed by atoms with Crippen LogP contribution in [0.15, 0.2) is 22.7 Å². The molecule has 0 spiro atoms. The molecular formula is C17H25BrN2O. The zero-order valence-electron chi connectivity index (χ0n) is 12.6. The molecule has 0 atom stereocenters. The van der Waals surface area contributed by atoms with Crippen molar-refractivity contribution in [2.45, 2.75) is 32.3 Å². The van der Waals surface area contributed by atoms with Gasteiger partial charge < -0.3 is 14.9 Å². The molecule has 2 saturated heterocycles. The molecule has 0 radical (unpaired) electrons. The molecule has 1 aromatic rings. The van der Waals surface area contributed by atoms with E-state index in [-0.39, 0.29) is 6.61 Å².